The molecule has 0 aromatic carbocycles. The van der Waals surface area contributed by atoms with Crippen molar-refractivity contribution >= 4 is 36.9 Å². The Morgan fingerprint density at radius 3 is 2.86 bits per heavy atom. The highest BCUT2D eigenvalue weighted by molar-refractivity contribution is 9.11. The number of hydrogen-bond acceptors (Lipinski definition) is 4. The molecular weight excluding hydrogens is 370 g/mol. The molecule has 0 fully saturated rings. The molecule has 2 heterocycles. The van der Waals surface area contributed by atoms with Crippen LogP contribution in [-0.4, -0.2) is 27.3 Å². The maximum absolute atomic E-state index is 13.1. The smallest absolute Gasteiger partial charge is 0.275 e. The lowest BCUT2D eigenvalue weighted by Gasteiger charge is -2.31. The minimum atomic E-state index is -3.89. The average Bonchev–Trinajstić information content (AvgIpc) is 2.89. The lowest BCUT2D eigenvalue weighted by atomic mass is 9.94. The second-order valence-corrected chi connectivity index (χ2v) is 8.57. The summed E-state index contributed by atoms with van der Waals surface area (Å²) in [5, 5.41) is 4.44. The first-order valence-corrected chi connectivity index (χ1v) is 8.86. The summed E-state index contributed by atoms with van der Waals surface area (Å²) in [5.41, 5.74) is 0.263. The van der Waals surface area contributed by atoms with Crippen LogP contribution < -0.4 is 5.56 Å². The molecule has 0 saturated carbocycles. The van der Waals surface area contributed by atoms with Gasteiger partial charge >= 0.3 is 0 Å². The van der Waals surface area contributed by atoms with Gasteiger partial charge in [0.05, 0.1) is 6.20 Å². The Balaban J connectivity index is 2.27. The van der Waals surface area contributed by atoms with Gasteiger partial charge in [-0.2, -0.15) is 9.19 Å². The zero-order valence-electron chi connectivity index (χ0n) is 12.0. The van der Waals surface area contributed by atoms with E-state index in [-0.39, 0.29) is 5.52 Å². The Morgan fingerprint density at radius 1 is 1.45 bits per heavy atom. The number of halogens is 1. The number of rotatable bonds is 2. The standard InChI is InChI=1S/C14H14BrN3O3S/c1-9-7-11(15)3-5-14(9,2)22(20,21)18-12-10(8-17-18)4-6-16-13(12)19/h3-4,6-8H,5H2,1-2H3,(H,16,19). The second-order valence-electron chi connectivity index (χ2n) is 5.45. The van der Waals surface area contributed by atoms with Crippen molar-refractivity contribution in [2.45, 2.75) is 25.0 Å². The second kappa shape index (κ2) is 4.92. The van der Waals surface area contributed by atoms with Gasteiger partial charge < -0.3 is 4.98 Å². The quantitative estimate of drug-likeness (QED) is 0.861. The number of H-pyrrole nitrogens is 1. The van der Waals surface area contributed by atoms with E-state index in [1.807, 2.05) is 0 Å². The molecule has 2 aromatic heterocycles. The van der Waals surface area contributed by atoms with E-state index in [1.165, 1.54) is 12.4 Å². The minimum Gasteiger partial charge on any atom is -0.327 e. The molecule has 1 unspecified atom stereocenters. The van der Waals surface area contributed by atoms with Crippen LogP contribution in [0.5, 0.6) is 0 Å². The first kappa shape index (κ1) is 15.2. The molecule has 1 N–H and O–H groups in total. The van der Waals surface area contributed by atoms with Crippen LogP contribution in [0.4, 0.5) is 0 Å². The third-order valence-corrected chi connectivity index (χ3v) is 7.04. The van der Waals surface area contributed by atoms with Gasteiger partial charge in [0.25, 0.3) is 15.6 Å². The molecular formula is C14H14BrN3O3S. The van der Waals surface area contributed by atoms with Gasteiger partial charge in [0.1, 0.15) is 4.75 Å². The van der Waals surface area contributed by atoms with Gasteiger partial charge in [0, 0.05) is 16.1 Å². The molecule has 0 amide bonds. The number of aromatic nitrogens is 3. The number of aromatic amines is 1. The lowest BCUT2D eigenvalue weighted by molar-refractivity contribution is 0.540. The van der Waals surface area contributed by atoms with Crippen molar-refractivity contribution in [1.29, 1.82) is 0 Å². The Labute approximate surface area is 135 Å². The van der Waals surface area contributed by atoms with Crippen molar-refractivity contribution in [3.05, 3.63) is 51.0 Å². The Hall–Kier alpha value is -1.67. The molecule has 0 spiro atoms. The van der Waals surface area contributed by atoms with Crippen molar-refractivity contribution in [1.82, 2.24) is 14.2 Å². The molecule has 3 rings (SSSR count). The van der Waals surface area contributed by atoms with E-state index in [0.29, 0.717) is 17.4 Å². The third-order valence-electron chi connectivity index (χ3n) is 4.13. The average molecular weight is 384 g/mol. The van der Waals surface area contributed by atoms with E-state index in [0.717, 1.165) is 8.57 Å². The number of fused-ring (bicyclic) bond motifs is 1. The fraction of sp³-hybridized carbons (Fsp3) is 0.286. The highest BCUT2D eigenvalue weighted by Gasteiger charge is 2.44. The van der Waals surface area contributed by atoms with Crippen LogP contribution in [0.25, 0.3) is 10.9 Å². The van der Waals surface area contributed by atoms with Crippen LogP contribution in [0.15, 0.2) is 45.5 Å². The lowest BCUT2D eigenvalue weighted by Crippen LogP contribution is -2.42. The summed E-state index contributed by atoms with van der Waals surface area (Å²) in [7, 11) is -3.89. The molecule has 1 aliphatic carbocycles. The highest BCUT2D eigenvalue weighted by atomic mass is 79.9. The summed E-state index contributed by atoms with van der Waals surface area (Å²) in [6.07, 6.45) is 6.75. The highest BCUT2D eigenvalue weighted by Crippen LogP contribution is 2.37. The fourth-order valence-corrected chi connectivity index (χ4v) is 4.76. The molecule has 1 atom stereocenters. The van der Waals surface area contributed by atoms with Crippen molar-refractivity contribution in [3.8, 4) is 0 Å². The van der Waals surface area contributed by atoms with Crippen molar-refractivity contribution in [2.24, 2.45) is 0 Å². The Morgan fingerprint density at radius 2 is 2.18 bits per heavy atom. The van der Waals surface area contributed by atoms with Gasteiger partial charge in [-0.05, 0) is 38.0 Å². The van der Waals surface area contributed by atoms with Crippen LogP contribution >= 0.6 is 15.9 Å². The molecule has 0 bridgehead atoms. The van der Waals surface area contributed by atoms with E-state index < -0.39 is 20.3 Å². The topological polar surface area (TPSA) is 84.8 Å². The van der Waals surface area contributed by atoms with E-state index in [4.69, 9.17) is 0 Å². The first-order chi connectivity index (χ1) is 10.3. The Kier molecular flexibility index (Phi) is 3.41. The molecule has 1 aliphatic rings. The predicted octanol–water partition coefficient (Wildman–Crippen LogP) is 2.29. The van der Waals surface area contributed by atoms with E-state index >= 15 is 0 Å². The van der Waals surface area contributed by atoms with Crippen LogP contribution in [0.1, 0.15) is 20.3 Å². The number of pyridine rings is 1. The number of allylic oxidation sites excluding steroid dienone is 3. The van der Waals surface area contributed by atoms with E-state index in [9.17, 15) is 13.2 Å². The minimum absolute atomic E-state index is 0.0464. The molecule has 2 aromatic rings. The maximum Gasteiger partial charge on any atom is 0.275 e. The van der Waals surface area contributed by atoms with Crippen molar-refractivity contribution in [2.75, 3.05) is 0 Å². The van der Waals surface area contributed by atoms with Crippen molar-refractivity contribution in [3.63, 3.8) is 0 Å². The monoisotopic (exact) mass is 383 g/mol. The van der Waals surface area contributed by atoms with Gasteiger partial charge in [0.2, 0.25) is 0 Å². The summed E-state index contributed by atoms with van der Waals surface area (Å²) in [5.74, 6) is 0. The number of nitrogens with one attached hydrogen (secondary N) is 1. The molecule has 116 valence electrons. The van der Waals surface area contributed by atoms with E-state index in [2.05, 4.69) is 26.0 Å². The van der Waals surface area contributed by atoms with E-state index in [1.54, 1.807) is 32.1 Å². The Bertz CT molecular complexity index is 984. The molecule has 0 aliphatic heterocycles. The van der Waals surface area contributed by atoms with Gasteiger partial charge in [0.15, 0.2) is 5.52 Å². The van der Waals surface area contributed by atoms with Crippen LogP contribution in [0.3, 0.4) is 0 Å². The number of hydrogen-bond donors (Lipinski definition) is 1. The van der Waals surface area contributed by atoms with Gasteiger partial charge in [-0.3, -0.25) is 4.79 Å². The van der Waals surface area contributed by atoms with Gasteiger partial charge in [-0.1, -0.05) is 22.0 Å². The summed E-state index contributed by atoms with van der Waals surface area (Å²) in [6, 6.07) is 1.62. The molecule has 22 heavy (non-hydrogen) atoms. The normalized spacial score (nSPS) is 22.5. The van der Waals surface area contributed by atoms with Crippen LogP contribution in [-0.2, 0) is 10.0 Å². The fourth-order valence-electron chi connectivity index (χ4n) is 2.51. The largest absolute Gasteiger partial charge is 0.327 e. The molecule has 8 heteroatoms. The summed E-state index contributed by atoms with van der Waals surface area (Å²) in [6.45, 7) is 3.41. The predicted molar refractivity (Wildman–Crippen MR) is 88.5 cm³/mol. The third kappa shape index (κ3) is 2.01. The summed E-state index contributed by atoms with van der Waals surface area (Å²) >= 11 is 3.36. The number of nitrogens with zero attached hydrogens (tertiary/aromatic N) is 2. The zero-order chi connectivity index (χ0) is 16.1. The first-order valence-electron chi connectivity index (χ1n) is 6.62. The zero-order valence-corrected chi connectivity index (χ0v) is 14.4. The van der Waals surface area contributed by atoms with Gasteiger partial charge in [-0.15, -0.1) is 0 Å². The van der Waals surface area contributed by atoms with Crippen molar-refractivity contribution < 1.29 is 8.42 Å². The van der Waals surface area contributed by atoms with Gasteiger partial charge in [-0.25, -0.2) is 8.42 Å². The summed E-state index contributed by atoms with van der Waals surface area (Å²) in [4.78, 5) is 14.5. The summed E-state index contributed by atoms with van der Waals surface area (Å²) < 4.78 is 26.8. The SMILES string of the molecule is CC1=CC(Br)=CCC1(C)S(=O)(=O)n1ncc2cc[nH]c(=O)c21. The van der Waals surface area contributed by atoms with Crippen LogP contribution in [0, 0.1) is 0 Å². The molecule has 6 nitrogen and oxygen atoms in total. The maximum atomic E-state index is 13.1. The molecule has 0 saturated heterocycles. The molecule has 0 radical (unpaired) electrons. The van der Waals surface area contributed by atoms with Crippen LogP contribution in [0.2, 0.25) is 0 Å².